The molecule has 2 atom stereocenters. The summed E-state index contributed by atoms with van der Waals surface area (Å²) in [5.74, 6) is 1.99. The van der Waals surface area contributed by atoms with Crippen LogP contribution in [0.15, 0.2) is 42.5 Å². The normalized spacial score (nSPS) is 22.2. The van der Waals surface area contributed by atoms with Crippen LogP contribution in [0.4, 0.5) is 0 Å². The highest BCUT2D eigenvalue weighted by molar-refractivity contribution is 5.48. The van der Waals surface area contributed by atoms with E-state index in [9.17, 15) is 0 Å². The van der Waals surface area contributed by atoms with Gasteiger partial charge in [0.05, 0.1) is 7.11 Å². The molecule has 2 aromatic rings. The zero-order valence-corrected chi connectivity index (χ0v) is 15.7. The number of ether oxygens (including phenoxy) is 2. The first-order valence-corrected chi connectivity index (χ1v) is 9.57. The standard InChI is InChI=1S/C22H28N2O2/c1-16-10-18-11-21(25-2)19(12-22(18)26-16)13-23-20-8-9-24(15-20)14-17-6-4-3-5-7-17/h3-7,11-12,16,20,23H,8-10,13-15H2,1-2H3/t16-,20+/m0/s1. The zero-order chi connectivity index (χ0) is 17.9. The predicted octanol–water partition coefficient (Wildman–Crippen LogP) is 3.38. The number of hydrogen-bond donors (Lipinski definition) is 1. The second-order valence-electron chi connectivity index (χ2n) is 7.49. The minimum atomic E-state index is 0.263. The van der Waals surface area contributed by atoms with Crippen LogP contribution < -0.4 is 14.8 Å². The van der Waals surface area contributed by atoms with Gasteiger partial charge < -0.3 is 14.8 Å². The van der Waals surface area contributed by atoms with Gasteiger partial charge in [0.25, 0.3) is 0 Å². The lowest BCUT2D eigenvalue weighted by Crippen LogP contribution is -2.32. The summed E-state index contributed by atoms with van der Waals surface area (Å²) in [4.78, 5) is 2.53. The van der Waals surface area contributed by atoms with Gasteiger partial charge in [0.15, 0.2) is 0 Å². The number of nitrogens with one attached hydrogen (secondary N) is 1. The van der Waals surface area contributed by atoms with Crippen molar-refractivity contribution in [3.8, 4) is 11.5 Å². The first kappa shape index (κ1) is 17.4. The van der Waals surface area contributed by atoms with Gasteiger partial charge >= 0.3 is 0 Å². The number of nitrogens with zero attached hydrogens (tertiary/aromatic N) is 1. The molecular weight excluding hydrogens is 324 g/mol. The molecule has 1 N–H and O–H groups in total. The van der Waals surface area contributed by atoms with Crippen LogP contribution >= 0.6 is 0 Å². The first-order valence-electron chi connectivity index (χ1n) is 9.57. The molecule has 4 heteroatoms. The fourth-order valence-corrected chi connectivity index (χ4v) is 4.05. The highest BCUT2D eigenvalue weighted by atomic mass is 16.5. The summed E-state index contributed by atoms with van der Waals surface area (Å²) in [5, 5.41) is 3.71. The van der Waals surface area contributed by atoms with E-state index in [2.05, 4.69) is 59.6 Å². The second-order valence-corrected chi connectivity index (χ2v) is 7.49. The molecule has 4 nitrogen and oxygen atoms in total. The summed E-state index contributed by atoms with van der Waals surface area (Å²) in [6.45, 7) is 6.21. The maximum Gasteiger partial charge on any atom is 0.123 e. The van der Waals surface area contributed by atoms with E-state index in [4.69, 9.17) is 9.47 Å². The van der Waals surface area contributed by atoms with E-state index in [0.29, 0.717) is 6.04 Å². The van der Waals surface area contributed by atoms with E-state index in [-0.39, 0.29) is 6.10 Å². The van der Waals surface area contributed by atoms with Gasteiger partial charge in [-0.25, -0.2) is 0 Å². The Morgan fingerprint density at radius 2 is 2.08 bits per heavy atom. The van der Waals surface area contributed by atoms with Crippen molar-refractivity contribution in [1.82, 2.24) is 10.2 Å². The molecule has 2 aliphatic heterocycles. The monoisotopic (exact) mass is 352 g/mol. The molecule has 0 aliphatic carbocycles. The molecule has 1 fully saturated rings. The van der Waals surface area contributed by atoms with Crippen molar-refractivity contribution >= 4 is 0 Å². The smallest absolute Gasteiger partial charge is 0.123 e. The SMILES string of the molecule is COc1cc2c(cc1CN[C@@H]1CCN(Cc3ccccc3)C1)O[C@@H](C)C2. The molecule has 0 amide bonds. The summed E-state index contributed by atoms with van der Waals surface area (Å²) in [7, 11) is 1.75. The van der Waals surface area contributed by atoms with Gasteiger partial charge in [0, 0.05) is 49.8 Å². The maximum absolute atomic E-state index is 5.91. The molecule has 1 saturated heterocycles. The maximum atomic E-state index is 5.91. The molecule has 26 heavy (non-hydrogen) atoms. The lowest BCUT2D eigenvalue weighted by Gasteiger charge is -2.18. The molecular formula is C22H28N2O2. The number of likely N-dealkylation sites (tertiary alicyclic amines) is 1. The van der Waals surface area contributed by atoms with E-state index in [1.165, 1.54) is 23.1 Å². The van der Waals surface area contributed by atoms with Gasteiger partial charge in [0.1, 0.15) is 17.6 Å². The van der Waals surface area contributed by atoms with Gasteiger partial charge in [0.2, 0.25) is 0 Å². The lowest BCUT2D eigenvalue weighted by atomic mass is 10.1. The van der Waals surface area contributed by atoms with Gasteiger partial charge in [-0.05, 0) is 31.0 Å². The van der Waals surface area contributed by atoms with Crippen molar-refractivity contribution in [2.24, 2.45) is 0 Å². The Bertz CT molecular complexity index is 747. The van der Waals surface area contributed by atoms with Crippen LogP contribution in [0.5, 0.6) is 11.5 Å². The van der Waals surface area contributed by atoms with Gasteiger partial charge in [-0.1, -0.05) is 30.3 Å². The van der Waals surface area contributed by atoms with Crippen LogP contribution in [0.3, 0.4) is 0 Å². The Kier molecular flexibility index (Phi) is 5.14. The highest BCUT2D eigenvalue weighted by Crippen LogP contribution is 2.35. The Hall–Kier alpha value is -2.04. The fraction of sp³-hybridized carbons (Fsp3) is 0.455. The molecule has 138 valence electrons. The van der Waals surface area contributed by atoms with Crippen LogP contribution in [-0.2, 0) is 19.5 Å². The molecule has 2 aliphatic rings. The summed E-state index contributed by atoms with van der Waals surface area (Å²) in [5.41, 5.74) is 3.83. The third kappa shape index (κ3) is 3.87. The molecule has 0 bridgehead atoms. The summed E-state index contributed by atoms with van der Waals surface area (Å²) >= 11 is 0. The first-order chi connectivity index (χ1) is 12.7. The largest absolute Gasteiger partial charge is 0.496 e. The molecule has 0 spiro atoms. The van der Waals surface area contributed by atoms with E-state index in [1.54, 1.807) is 7.11 Å². The van der Waals surface area contributed by atoms with Crippen LogP contribution in [0, 0.1) is 0 Å². The van der Waals surface area contributed by atoms with E-state index >= 15 is 0 Å². The zero-order valence-electron chi connectivity index (χ0n) is 15.7. The molecule has 0 saturated carbocycles. The van der Waals surface area contributed by atoms with Crippen molar-refractivity contribution in [3.63, 3.8) is 0 Å². The summed E-state index contributed by atoms with van der Waals surface area (Å²) in [6, 6.07) is 15.5. The van der Waals surface area contributed by atoms with Crippen molar-refractivity contribution in [2.75, 3.05) is 20.2 Å². The molecule has 4 rings (SSSR count). The number of methoxy groups -OCH3 is 1. The Balaban J connectivity index is 1.34. The molecule has 0 unspecified atom stereocenters. The number of benzene rings is 2. The Morgan fingerprint density at radius 1 is 1.23 bits per heavy atom. The third-order valence-electron chi connectivity index (χ3n) is 5.40. The van der Waals surface area contributed by atoms with Crippen LogP contribution in [-0.4, -0.2) is 37.2 Å². The van der Waals surface area contributed by atoms with Gasteiger partial charge in [-0.2, -0.15) is 0 Å². The number of rotatable bonds is 6. The second kappa shape index (κ2) is 7.68. The lowest BCUT2D eigenvalue weighted by molar-refractivity contribution is 0.254. The van der Waals surface area contributed by atoms with Crippen molar-refractivity contribution in [1.29, 1.82) is 0 Å². The predicted molar refractivity (Wildman–Crippen MR) is 104 cm³/mol. The topological polar surface area (TPSA) is 33.7 Å². The van der Waals surface area contributed by atoms with E-state index in [1.807, 2.05) is 0 Å². The number of fused-ring (bicyclic) bond motifs is 1. The quantitative estimate of drug-likeness (QED) is 0.864. The van der Waals surface area contributed by atoms with Crippen molar-refractivity contribution in [3.05, 3.63) is 59.2 Å². The van der Waals surface area contributed by atoms with Crippen LogP contribution in [0.1, 0.15) is 30.0 Å². The van der Waals surface area contributed by atoms with Crippen LogP contribution in [0.2, 0.25) is 0 Å². The summed E-state index contributed by atoms with van der Waals surface area (Å²) < 4.78 is 11.5. The van der Waals surface area contributed by atoms with Gasteiger partial charge in [-0.3, -0.25) is 4.90 Å². The number of hydrogen-bond acceptors (Lipinski definition) is 4. The van der Waals surface area contributed by atoms with Crippen LogP contribution in [0.25, 0.3) is 0 Å². The van der Waals surface area contributed by atoms with Crippen molar-refractivity contribution in [2.45, 2.75) is 45.0 Å². The van der Waals surface area contributed by atoms with E-state index in [0.717, 1.165) is 44.1 Å². The minimum absolute atomic E-state index is 0.263. The molecule has 0 aromatic heterocycles. The molecule has 2 aromatic carbocycles. The molecule has 0 radical (unpaired) electrons. The van der Waals surface area contributed by atoms with E-state index < -0.39 is 0 Å². The minimum Gasteiger partial charge on any atom is -0.496 e. The average Bonchev–Trinajstić information content (AvgIpc) is 3.24. The van der Waals surface area contributed by atoms with Crippen molar-refractivity contribution < 1.29 is 9.47 Å². The molecule has 2 heterocycles. The van der Waals surface area contributed by atoms with Gasteiger partial charge in [-0.15, -0.1) is 0 Å². The highest BCUT2D eigenvalue weighted by Gasteiger charge is 2.24. The average molecular weight is 352 g/mol. The fourth-order valence-electron chi connectivity index (χ4n) is 4.05. The Morgan fingerprint density at radius 3 is 2.88 bits per heavy atom. The summed E-state index contributed by atoms with van der Waals surface area (Å²) in [6.07, 6.45) is 2.42. The third-order valence-corrected chi connectivity index (χ3v) is 5.40. The Labute approximate surface area is 156 Å².